The number of piperidine rings is 1. The van der Waals surface area contributed by atoms with E-state index in [0.29, 0.717) is 24.7 Å². The van der Waals surface area contributed by atoms with Crippen LogP contribution in [-0.4, -0.2) is 42.0 Å². The molecule has 1 aromatic heterocycles. The van der Waals surface area contributed by atoms with Gasteiger partial charge in [-0.3, -0.25) is 4.79 Å². The molecule has 1 amide bonds. The van der Waals surface area contributed by atoms with Gasteiger partial charge in [0.25, 0.3) is 0 Å². The number of aryl methyl sites for hydroxylation is 1. The molecular weight excluding hydrogens is 423 g/mol. The molecule has 1 saturated heterocycles. The van der Waals surface area contributed by atoms with Gasteiger partial charge in [0.1, 0.15) is 11.6 Å². The third-order valence-corrected chi connectivity index (χ3v) is 4.95. The van der Waals surface area contributed by atoms with Crippen molar-refractivity contribution in [3.05, 3.63) is 41.9 Å². The molecule has 162 valence electrons. The summed E-state index contributed by atoms with van der Waals surface area (Å²) in [7, 11) is 0. The molecule has 2 aromatic rings. The summed E-state index contributed by atoms with van der Waals surface area (Å²) in [4.78, 5) is 18.4. The van der Waals surface area contributed by atoms with Crippen LogP contribution in [0.4, 0.5) is 8.78 Å². The van der Waals surface area contributed by atoms with Crippen molar-refractivity contribution in [1.29, 1.82) is 0 Å². The first-order valence-corrected chi connectivity index (χ1v) is 9.45. The minimum atomic E-state index is -0.700. The van der Waals surface area contributed by atoms with Crippen molar-refractivity contribution in [2.45, 2.75) is 32.6 Å². The molecule has 3 rings (SSSR count). The number of oxazole rings is 1. The molecule has 29 heavy (non-hydrogen) atoms. The summed E-state index contributed by atoms with van der Waals surface area (Å²) in [6.07, 6.45) is 4.11. The first-order valence-electron chi connectivity index (χ1n) is 9.45. The molecule has 0 unspecified atom stereocenters. The van der Waals surface area contributed by atoms with Gasteiger partial charge in [0.2, 0.25) is 5.91 Å². The number of likely N-dealkylation sites (tertiary alicyclic amines) is 1. The van der Waals surface area contributed by atoms with Gasteiger partial charge in [0.05, 0.1) is 11.8 Å². The van der Waals surface area contributed by atoms with E-state index in [9.17, 15) is 13.6 Å². The van der Waals surface area contributed by atoms with Crippen LogP contribution in [0.5, 0.6) is 0 Å². The second kappa shape index (κ2) is 12.1. The fourth-order valence-electron chi connectivity index (χ4n) is 3.35. The lowest BCUT2D eigenvalue weighted by atomic mass is 9.96. The van der Waals surface area contributed by atoms with E-state index in [4.69, 9.17) is 4.42 Å². The third-order valence-electron chi connectivity index (χ3n) is 4.95. The topological polar surface area (TPSA) is 58.4 Å². The second-order valence-electron chi connectivity index (χ2n) is 6.87. The van der Waals surface area contributed by atoms with E-state index >= 15 is 0 Å². The van der Waals surface area contributed by atoms with Gasteiger partial charge in [-0.05, 0) is 44.0 Å². The fourth-order valence-corrected chi connectivity index (χ4v) is 3.35. The zero-order valence-electron chi connectivity index (χ0n) is 16.3. The van der Waals surface area contributed by atoms with Gasteiger partial charge in [-0.2, -0.15) is 0 Å². The average Bonchev–Trinajstić information content (AvgIpc) is 3.13. The Kier molecular flexibility index (Phi) is 10.6. The lowest BCUT2D eigenvalue weighted by Crippen LogP contribution is -2.40. The lowest BCUT2D eigenvalue weighted by Gasteiger charge is -2.32. The molecule has 1 aliphatic rings. The maximum absolute atomic E-state index is 13.8. The Balaban J connectivity index is 0.00000210. The summed E-state index contributed by atoms with van der Waals surface area (Å²) in [6, 6.07) is 3.29. The molecule has 2 heterocycles. The van der Waals surface area contributed by atoms with Gasteiger partial charge in [-0.1, -0.05) is 6.92 Å². The van der Waals surface area contributed by atoms with Crippen molar-refractivity contribution in [1.82, 2.24) is 15.2 Å². The number of benzene rings is 1. The van der Waals surface area contributed by atoms with Crippen molar-refractivity contribution in [3.8, 4) is 11.3 Å². The van der Waals surface area contributed by atoms with Crippen molar-refractivity contribution < 1.29 is 18.0 Å². The number of hydrogen-bond acceptors (Lipinski definition) is 4. The molecule has 1 aromatic carbocycles. The number of carbonyl (C=O) groups excluding carboxylic acids is 1. The highest BCUT2D eigenvalue weighted by Crippen LogP contribution is 2.25. The number of rotatable bonds is 7. The van der Waals surface area contributed by atoms with Gasteiger partial charge in [0, 0.05) is 32.0 Å². The van der Waals surface area contributed by atoms with Crippen molar-refractivity contribution in [3.63, 3.8) is 0 Å². The number of hydrogen-bond donors (Lipinski definition) is 1. The molecule has 9 heteroatoms. The highest BCUT2D eigenvalue weighted by Gasteiger charge is 2.22. The number of aromatic nitrogens is 1. The largest absolute Gasteiger partial charge is 0.441 e. The van der Waals surface area contributed by atoms with Crippen LogP contribution in [-0.2, 0) is 11.2 Å². The van der Waals surface area contributed by atoms with E-state index in [-0.39, 0.29) is 42.0 Å². The summed E-state index contributed by atoms with van der Waals surface area (Å²) in [5.74, 6) is -0.00754. The monoisotopic (exact) mass is 449 g/mol. The SMILES string of the molecule is CCNCC1CCN(C(=O)CCc2ncc(-c3ccc(F)cc3F)o2)CC1.Cl.Cl. The third kappa shape index (κ3) is 6.94. The van der Waals surface area contributed by atoms with Crippen molar-refractivity contribution >= 4 is 30.7 Å². The minimum Gasteiger partial charge on any atom is -0.441 e. The van der Waals surface area contributed by atoms with Crippen LogP contribution < -0.4 is 5.32 Å². The normalized spacial score (nSPS) is 14.2. The Hall–Kier alpha value is -1.70. The molecule has 5 nitrogen and oxygen atoms in total. The quantitative estimate of drug-likeness (QED) is 0.686. The lowest BCUT2D eigenvalue weighted by molar-refractivity contribution is -0.132. The van der Waals surface area contributed by atoms with Crippen molar-refractivity contribution in [2.24, 2.45) is 5.92 Å². The van der Waals surface area contributed by atoms with Gasteiger partial charge in [0.15, 0.2) is 11.7 Å². The average molecular weight is 450 g/mol. The summed E-state index contributed by atoms with van der Waals surface area (Å²) in [5, 5.41) is 3.36. The summed E-state index contributed by atoms with van der Waals surface area (Å²) >= 11 is 0. The summed E-state index contributed by atoms with van der Waals surface area (Å²) in [6.45, 7) is 5.65. The minimum absolute atomic E-state index is 0. The molecule has 1 N–H and O–H groups in total. The Labute approximate surface area is 182 Å². The van der Waals surface area contributed by atoms with Gasteiger partial charge < -0.3 is 14.6 Å². The van der Waals surface area contributed by atoms with Crippen molar-refractivity contribution in [2.75, 3.05) is 26.2 Å². The fraction of sp³-hybridized carbons (Fsp3) is 0.500. The number of nitrogens with one attached hydrogen (secondary N) is 1. The number of amides is 1. The molecule has 0 aliphatic carbocycles. The standard InChI is InChI=1S/C20H25F2N3O2.2ClH/c1-2-23-12-14-7-9-25(10-8-14)20(26)6-5-19-24-13-18(27-19)16-4-3-15(21)11-17(16)22;;/h3-4,11,13-14,23H,2,5-10,12H2,1H3;2*1H. The second-order valence-corrected chi connectivity index (χ2v) is 6.87. The van der Waals surface area contributed by atoms with E-state index < -0.39 is 11.6 Å². The molecule has 0 atom stereocenters. The highest BCUT2D eigenvalue weighted by molar-refractivity contribution is 5.85. The maximum Gasteiger partial charge on any atom is 0.223 e. The first kappa shape index (κ1) is 25.3. The van der Waals surface area contributed by atoms with E-state index in [1.807, 2.05) is 4.90 Å². The zero-order chi connectivity index (χ0) is 19.2. The van der Waals surface area contributed by atoms with Crippen LogP contribution in [0.2, 0.25) is 0 Å². The van der Waals surface area contributed by atoms with Gasteiger partial charge >= 0.3 is 0 Å². The maximum atomic E-state index is 13.8. The molecule has 0 radical (unpaired) electrons. The molecule has 1 fully saturated rings. The van der Waals surface area contributed by atoms with E-state index in [2.05, 4.69) is 17.2 Å². The van der Waals surface area contributed by atoms with Crippen LogP contribution in [0.15, 0.2) is 28.8 Å². The molecule has 1 aliphatic heterocycles. The van der Waals surface area contributed by atoms with E-state index in [1.165, 1.54) is 18.3 Å². The van der Waals surface area contributed by atoms with E-state index in [0.717, 1.165) is 45.1 Å². The Bertz CT molecular complexity index is 781. The molecular formula is C20H27Cl2F2N3O2. The number of carbonyl (C=O) groups is 1. The number of nitrogens with zero attached hydrogens (tertiary/aromatic N) is 2. The number of halogens is 4. The Morgan fingerprint density at radius 2 is 2.00 bits per heavy atom. The smallest absolute Gasteiger partial charge is 0.223 e. The predicted octanol–water partition coefficient (Wildman–Crippen LogP) is 4.24. The first-order chi connectivity index (χ1) is 13.1. The zero-order valence-corrected chi connectivity index (χ0v) is 18.0. The summed E-state index contributed by atoms with van der Waals surface area (Å²) < 4.78 is 32.4. The predicted molar refractivity (Wildman–Crippen MR) is 113 cm³/mol. The van der Waals surface area contributed by atoms with E-state index in [1.54, 1.807) is 0 Å². The van der Waals surface area contributed by atoms with Gasteiger partial charge in [-0.25, -0.2) is 13.8 Å². The Morgan fingerprint density at radius 1 is 1.28 bits per heavy atom. The molecule has 0 saturated carbocycles. The van der Waals surface area contributed by atoms with Crippen LogP contribution >= 0.6 is 24.8 Å². The van der Waals surface area contributed by atoms with Crippen LogP contribution in [0.1, 0.15) is 32.1 Å². The van der Waals surface area contributed by atoms with Crippen LogP contribution in [0.3, 0.4) is 0 Å². The molecule has 0 bridgehead atoms. The highest BCUT2D eigenvalue weighted by atomic mass is 35.5. The molecule has 0 spiro atoms. The Morgan fingerprint density at radius 3 is 2.66 bits per heavy atom. The van der Waals surface area contributed by atoms with Crippen LogP contribution in [0, 0.1) is 17.6 Å². The van der Waals surface area contributed by atoms with Gasteiger partial charge in [-0.15, -0.1) is 24.8 Å². The van der Waals surface area contributed by atoms with Crippen LogP contribution in [0.25, 0.3) is 11.3 Å². The summed E-state index contributed by atoms with van der Waals surface area (Å²) in [5.41, 5.74) is 0.157.